The van der Waals surface area contributed by atoms with E-state index in [1.54, 1.807) is 11.3 Å². The van der Waals surface area contributed by atoms with E-state index in [1.165, 1.54) is 23.3 Å². The summed E-state index contributed by atoms with van der Waals surface area (Å²) in [6, 6.07) is 12.4. The molecule has 1 N–H and O–H groups in total. The smallest absolute Gasteiger partial charge is 0.224 e. The van der Waals surface area contributed by atoms with Crippen molar-refractivity contribution in [1.29, 1.82) is 0 Å². The minimum absolute atomic E-state index is 0.0831. The Morgan fingerprint density at radius 1 is 1.15 bits per heavy atom. The van der Waals surface area contributed by atoms with Crippen molar-refractivity contribution >= 4 is 17.2 Å². The number of thiophene rings is 1. The van der Waals surface area contributed by atoms with E-state index in [0.29, 0.717) is 13.0 Å². The van der Waals surface area contributed by atoms with Crippen LogP contribution in [-0.2, 0) is 24.2 Å². The molecule has 1 aromatic heterocycles. The van der Waals surface area contributed by atoms with E-state index in [0.717, 1.165) is 12.0 Å². The van der Waals surface area contributed by atoms with Crippen LogP contribution >= 0.6 is 11.3 Å². The van der Waals surface area contributed by atoms with Crippen LogP contribution in [0.3, 0.4) is 0 Å². The third kappa shape index (κ3) is 4.82. The number of hydrogen-bond acceptors (Lipinski definition) is 2. The third-order valence-electron chi connectivity index (χ3n) is 3.25. The molecule has 1 heterocycles. The van der Waals surface area contributed by atoms with Crippen molar-refractivity contribution in [1.82, 2.24) is 5.32 Å². The number of aryl methyl sites for hydroxylation is 1. The molecule has 3 heteroatoms. The molecule has 0 unspecified atom stereocenters. The van der Waals surface area contributed by atoms with Crippen LogP contribution in [0.2, 0.25) is 0 Å². The second-order valence-corrected chi connectivity index (χ2v) is 5.99. The van der Waals surface area contributed by atoms with Gasteiger partial charge in [-0.05, 0) is 35.4 Å². The highest BCUT2D eigenvalue weighted by atomic mass is 32.1. The fourth-order valence-electron chi connectivity index (χ4n) is 2.05. The van der Waals surface area contributed by atoms with E-state index in [4.69, 9.17) is 0 Å². The molecule has 20 heavy (non-hydrogen) atoms. The lowest BCUT2D eigenvalue weighted by atomic mass is 10.0. The number of nitrogens with one attached hydrogen (secondary N) is 1. The number of benzene rings is 1. The second kappa shape index (κ2) is 7.85. The lowest BCUT2D eigenvalue weighted by Gasteiger charge is -2.05. The predicted octanol–water partition coefficient (Wildman–Crippen LogP) is 3.95. The van der Waals surface area contributed by atoms with Gasteiger partial charge in [-0.15, -0.1) is 11.3 Å². The van der Waals surface area contributed by atoms with Gasteiger partial charge in [-0.1, -0.05) is 43.7 Å². The summed E-state index contributed by atoms with van der Waals surface area (Å²) in [4.78, 5) is 13.0. The van der Waals surface area contributed by atoms with Crippen molar-refractivity contribution < 1.29 is 4.79 Å². The monoisotopic (exact) mass is 287 g/mol. The average molecular weight is 287 g/mol. The van der Waals surface area contributed by atoms with Gasteiger partial charge in [0.25, 0.3) is 0 Å². The number of amides is 1. The van der Waals surface area contributed by atoms with Crippen molar-refractivity contribution in [2.24, 2.45) is 0 Å². The predicted molar refractivity (Wildman–Crippen MR) is 84.9 cm³/mol. The third-order valence-corrected chi connectivity index (χ3v) is 4.12. The van der Waals surface area contributed by atoms with Crippen LogP contribution in [0.25, 0.3) is 0 Å². The highest BCUT2D eigenvalue weighted by Gasteiger charge is 2.04. The van der Waals surface area contributed by atoms with Gasteiger partial charge in [0.05, 0.1) is 13.0 Å². The summed E-state index contributed by atoms with van der Waals surface area (Å²) < 4.78 is 0. The first kappa shape index (κ1) is 14.8. The average Bonchev–Trinajstić information content (AvgIpc) is 2.98. The zero-order chi connectivity index (χ0) is 14.2. The topological polar surface area (TPSA) is 29.1 Å². The largest absolute Gasteiger partial charge is 0.351 e. The van der Waals surface area contributed by atoms with Crippen molar-refractivity contribution in [3.63, 3.8) is 0 Å². The molecule has 2 nitrogen and oxygen atoms in total. The molecule has 0 radical (unpaired) electrons. The van der Waals surface area contributed by atoms with Crippen LogP contribution in [0.4, 0.5) is 0 Å². The van der Waals surface area contributed by atoms with Gasteiger partial charge in [0, 0.05) is 4.88 Å². The summed E-state index contributed by atoms with van der Waals surface area (Å²) in [5.41, 5.74) is 2.43. The Morgan fingerprint density at radius 3 is 2.55 bits per heavy atom. The Balaban J connectivity index is 1.78. The minimum Gasteiger partial charge on any atom is -0.351 e. The van der Waals surface area contributed by atoms with E-state index >= 15 is 0 Å². The van der Waals surface area contributed by atoms with E-state index in [9.17, 15) is 4.79 Å². The van der Waals surface area contributed by atoms with Crippen LogP contribution < -0.4 is 5.32 Å². The molecular weight excluding hydrogens is 266 g/mol. The molecule has 0 fully saturated rings. The van der Waals surface area contributed by atoms with Gasteiger partial charge in [0.2, 0.25) is 5.91 Å². The summed E-state index contributed by atoms with van der Waals surface area (Å²) in [6.07, 6.45) is 4.02. The molecule has 0 atom stereocenters. The molecule has 0 aliphatic rings. The van der Waals surface area contributed by atoms with E-state index in [-0.39, 0.29) is 5.91 Å². The minimum atomic E-state index is 0.0831. The van der Waals surface area contributed by atoms with E-state index in [2.05, 4.69) is 36.5 Å². The molecule has 2 aromatic rings. The van der Waals surface area contributed by atoms with Crippen LogP contribution in [0.15, 0.2) is 41.8 Å². The maximum Gasteiger partial charge on any atom is 0.224 e. The second-order valence-electron chi connectivity index (χ2n) is 4.95. The lowest BCUT2D eigenvalue weighted by Crippen LogP contribution is -2.24. The molecule has 0 aliphatic carbocycles. The van der Waals surface area contributed by atoms with E-state index < -0.39 is 0 Å². The van der Waals surface area contributed by atoms with Crippen LogP contribution in [0.1, 0.15) is 35.8 Å². The quantitative estimate of drug-likeness (QED) is 0.821. The van der Waals surface area contributed by atoms with Crippen LogP contribution in [0.5, 0.6) is 0 Å². The summed E-state index contributed by atoms with van der Waals surface area (Å²) >= 11 is 1.67. The number of unbranched alkanes of at least 4 members (excludes halogenated alkanes) is 1. The highest BCUT2D eigenvalue weighted by Crippen LogP contribution is 2.10. The molecule has 2 rings (SSSR count). The molecule has 1 amide bonds. The molecule has 0 aliphatic heterocycles. The maximum absolute atomic E-state index is 11.9. The fraction of sp³-hybridized carbons (Fsp3) is 0.353. The van der Waals surface area contributed by atoms with Crippen LogP contribution in [0, 0.1) is 0 Å². The molecule has 0 saturated carbocycles. The number of carbonyl (C=O) groups is 1. The van der Waals surface area contributed by atoms with Gasteiger partial charge in [0.15, 0.2) is 0 Å². The van der Waals surface area contributed by atoms with Gasteiger partial charge in [-0.3, -0.25) is 4.79 Å². The first-order valence-corrected chi connectivity index (χ1v) is 8.03. The standard InChI is InChI=1S/C17H21NOS/c1-2-3-5-14-7-9-15(10-8-14)12-17(19)18-13-16-6-4-11-20-16/h4,6-11H,2-3,5,12-13H2,1H3,(H,18,19). The Labute approximate surface area is 124 Å². The Kier molecular flexibility index (Phi) is 5.81. The first-order chi connectivity index (χ1) is 9.78. The Bertz CT molecular complexity index is 516. The molecular formula is C17H21NOS. The summed E-state index contributed by atoms with van der Waals surface area (Å²) in [5.74, 6) is 0.0831. The lowest BCUT2D eigenvalue weighted by molar-refractivity contribution is -0.120. The van der Waals surface area contributed by atoms with Gasteiger partial charge >= 0.3 is 0 Å². The summed E-state index contributed by atoms with van der Waals surface area (Å²) in [5, 5.41) is 4.98. The highest BCUT2D eigenvalue weighted by molar-refractivity contribution is 7.09. The zero-order valence-corrected chi connectivity index (χ0v) is 12.7. The molecule has 0 bridgehead atoms. The van der Waals surface area contributed by atoms with Crippen molar-refractivity contribution in [3.05, 3.63) is 57.8 Å². The molecule has 1 aromatic carbocycles. The molecule has 0 saturated heterocycles. The van der Waals surface area contributed by atoms with Gasteiger partial charge in [0.1, 0.15) is 0 Å². The van der Waals surface area contributed by atoms with Gasteiger partial charge in [-0.25, -0.2) is 0 Å². The zero-order valence-electron chi connectivity index (χ0n) is 11.9. The summed E-state index contributed by atoms with van der Waals surface area (Å²) in [7, 11) is 0. The SMILES string of the molecule is CCCCc1ccc(CC(=O)NCc2cccs2)cc1. The molecule has 0 spiro atoms. The van der Waals surface area contributed by atoms with Gasteiger partial charge in [-0.2, -0.15) is 0 Å². The van der Waals surface area contributed by atoms with Crippen molar-refractivity contribution in [3.8, 4) is 0 Å². The Morgan fingerprint density at radius 2 is 1.90 bits per heavy atom. The number of rotatable bonds is 7. The van der Waals surface area contributed by atoms with Crippen molar-refractivity contribution in [2.45, 2.75) is 39.2 Å². The van der Waals surface area contributed by atoms with Crippen LogP contribution in [-0.4, -0.2) is 5.91 Å². The normalized spacial score (nSPS) is 10.4. The van der Waals surface area contributed by atoms with Gasteiger partial charge < -0.3 is 5.32 Å². The Hall–Kier alpha value is -1.61. The van der Waals surface area contributed by atoms with E-state index in [1.807, 2.05) is 17.5 Å². The fourth-order valence-corrected chi connectivity index (χ4v) is 2.70. The number of hydrogen-bond donors (Lipinski definition) is 1. The summed E-state index contributed by atoms with van der Waals surface area (Å²) in [6.45, 7) is 2.83. The maximum atomic E-state index is 11.9. The molecule has 106 valence electrons. The number of carbonyl (C=O) groups excluding carboxylic acids is 1. The van der Waals surface area contributed by atoms with Crippen molar-refractivity contribution in [2.75, 3.05) is 0 Å². The first-order valence-electron chi connectivity index (χ1n) is 7.15.